The van der Waals surface area contributed by atoms with Crippen LogP contribution in [0.1, 0.15) is 59.3 Å². The Kier molecular flexibility index (Phi) is 6.40. The summed E-state index contributed by atoms with van der Waals surface area (Å²) in [6.07, 6.45) is 1.16. The standard InChI is InChI=1S/C20H30N4O2/c1-6-13(2)17(18-22-14-9-7-8-10-15(14)23-18)24-16(25)11-12-21-19(26)20(3,4)5/h7-10,13,17H,6,11-12H2,1-5H3,(H,21,26)(H,22,23)(H,24,25)/t13-,17+/m0/s1. The number of aromatic amines is 1. The van der Waals surface area contributed by atoms with Gasteiger partial charge in [0.2, 0.25) is 11.8 Å². The molecule has 0 aliphatic rings. The van der Waals surface area contributed by atoms with Crippen LogP contribution in [0.5, 0.6) is 0 Å². The Labute approximate surface area is 155 Å². The molecule has 26 heavy (non-hydrogen) atoms. The zero-order valence-corrected chi connectivity index (χ0v) is 16.3. The van der Waals surface area contributed by atoms with E-state index in [0.29, 0.717) is 6.54 Å². The van der Waals surface area contributed by atoms with Gasteiger partial charge in [-0.15, -0.1) is 0 Å². The fourth-order valence-corrected chi connectivity index (χ4v) is 2.64. The van der Waals surface area contributed by atoms with Crippen LogP contribution >= 0.6 is 0 Å². The van der Waals surface area contributed by atoms with Gasteiger partial charge in [0, 0.05) is 18.4 Å². The first-order valence-corrected chi connectivity index (χ1v) is 9.24. The summed E-state index contributed by atoms with van der Waals surface area (Å²) in [5.74, 6) is 0.863. The van der Waals surface area contributed by atoms with E-state index in [1.54, 1.807) is 0 Å². The molecule has 0 saturated heterocycles. The molecular formula is C20H30N4O2. The van der Waals surface area contributed by atoms with E-state index >= 15 is 0 Å². The van der Waals surface area contributed by atoms with Gasteiger partial charge in [0.1, 0.15) is 5.82 Å². The van der Waals surface area contributed by atoms with Crippen molar-refractivity contribution in [1.82, 2.24) is 20.6 Å². The molecule has 2 rings (SSSR count). The third-order valence-electron chi connectivity index (χ3n) is 4.55. The second kappa shape index (κ2) is 8.34. The number of fused-ring (bicyclic) bond motifs is 1. The summed E-state index contributed by atoms with van der Waals surface area (Å²) in [6.45, 7) is 10.1. The van der Waals surface area contributed by atoms with Gasteiger partial charge in [0.15, 0.2) is 0 Å². The first-order chi connectivity index (χ1) is 12.2. The highest BCUT2D eigenvalue weighted by atomic mass is 16.2. The molecule has 6 heteroatoms. The zero-order chi connectivity index (χ0) is 19.3. The molecule has 0 fully saturated rings. The van der Waals surface area contributed by atoms with Gasteiger partial charge in [0.05, 0.1) is 17.1 Å². The van der Waals surface area contributed by atoms with E-state index in [0.717, 1.165) is 23.3 Å². The third kappa shape index (κ3) is 5.07. The van der Waals surface area contributed by atoms with Crippen LogP contribution in [0.4, 0.5) is 0 Å². The fraction of sp³-hybridized carbons (Fsp3) is 0.550. The Balaban J connectivity index is 2.01. The summed E-state index contributed by atoms with van der Waals surface area (Å²) in [5, 5.41) is 5.88. The normalized spacial score (nSPS) is 14.0. The first kappa shape index (κ1) is 19.9. The first-order valence-electron chi connectivity index (χ1n) is 9.24. The number of hydrogen-bond acceptors (Lipinski definition) is 3. The molecule has 0 radical (unpaired) electrons. The molecular weight excluding hydrogens is 328 g/mol. The number of nitrogens with one attached hydrogen (secondary N) is 3. The number of amides is 2. The number of para-hydroxylation sites is 2. The van der Waals surface area contributed by atoms with Gasteiger partial charge in [-0.1, -0.05) is 53.2 Å². The molecule has 0 saturated carbocycles. The maximum Gasteiger partial charge on any atom is 0.225 e. The van der Waals surface area contributed by atoms with Gasteiger partial charge < -0.3 is 15.6 Å². The average Bonchev–Trinajstić information content (AvgIpc) is 3.01. The summed E-state index contributed by atoms with van der Waals surface area (Å²) in [6, 6.07) is 7.65. The molecule has 2 aromatic rings. The molecule has 0 aliphatic carbocycles. The molecule has 0 unspecified atom stereocenters. The molecule has 2 amide bonds. The molecule has 2 atom stereocenters. The Morgan fingerprint density at radius 1 is 1.23 bits per heavy atom. The number of rotatable bonds is 7. The van der Waals surface area contributed by atoms with Crippen LogP contribution < -0.4 is 10.6 Å². The Hall–Kier alpha value is -2.37. The number of carbonyl (C=O) groups excluding carboxylic acids is 2. The molecule has 1 aromatic carbocycles. The zero-order valence-electron chi connectivity index (χ0n) is 16.3. The van der Waals surface area contributed by atoms with Crippen molar-refractivity contribution in [3.63, 3.8) is 0 Å². The summed E-state index contributed by atoms with van der Waals surface area (Å²) in [5.41, 5.74) is 1.40. The van der Waals surface area contributed by atoms with Gasteiger partial charge in [-0.2, -0.15) is 0 Å². The summed E-state index contributed by atoms with van der Waals surface area (Å²) in [4.78, 5) is 32.2. The minimum atomic E-state index is -0.454. The van der Waals surface area contributed by atoms with Crippen molar-refractivity contribution >= 4 is 22.8 Å². The lowest BCUT2D eigenvalue weighted by Crippen LogP contribution is -2.38. The Morgan fingerprint density at radius 3 is 2.54 bits per heavy atom. The van der Waals surface area contributed by atoms with Crippen LogP contribution in [0, 0.1) is 11.3 Å². The van der Waals surface area contributed by atoms with Gasteiger partial charge in [-0.3, -0.25) is 9.59 Å². The van der Waals surface area contributed by atoms with Crippen molar-refractivity contribution in [2.24, 2.45) is 11.3 Å². The molecule has 3 N–H and O–H groups in total. The lowest BCUT2D eigenvalue weighted by molar-refractivity contribution is -0.128. The minimum absolute atomic E-state index is 0.0546. The topological polar surface area (TPSA) is 86.9 Å². The van der Waals surface area contributed by atoms with Gasteiger partial charge in [-0.25, -0.2) is 4.98 Å². The maximum atomic E-state index is 12.4. The highest BCUT2D eigenvalue weighted by molar-refractivity contribution is 5.82. The molecule has 1 heterocycles. The number of imidazole rings is 1. The molecule has 0 aliphatic heterocycles. The number of H-pyrrole nitrogens is 1. The van der Waals surface area contributed by atoms with E-state index in [2.05, 4.69) is 34.4 Å². The minimum Gasteiger partial charge on any atom is -0.355 e. The predicted molar refractivity (Wildman–Crippen MR) is 104 cm³/mol. The van der Waals surface area contributed by atoms with Gasteiger partial charge in [-0.05, 0) is 18.1 Å². The van der Waals surface area contributed by atoms with Crippen LogP contribution in [-0.2, 0) is 9.59 Å². The lowest BCUT2D eigenvalue weighted by atomic mass is 9.96. The summed E-state index contributed by atoms with van der Waals surface area (Å²) < 4.78 is 0. The quantitative estimate of drug-likeness (QED) is 0.709. The fourth-order valence-electron chi connectivity index (χ4n) is 2.64. The SMILES string of the molecule is CC[C@H](C)[C@@H](NC(=O)CCNC(=O)C(C)(C)C)c1nc2ccccc2[nH]1. The van der Waals surface area contributed by atoms with Crippen LogP contribution in [0.2, 0.25) is 0 Å². The van der Waals surface area contributed by atoms with Crippen molar-refractivity contribution in [2.75, 3.05) is 6.54 Å². The smallest absolute Gasteiger partial charge is 0.225 e. The average molecular weight is 358 g/mol. The van der Waals surface area contributed by atoms with E-state index in [1.165, 1.54) is 0 Å². The van der Waals surface area contributed by atoms with E-state index in [-0.39, 0.29) is 30.2 Å². The van der Waals surface area contributed by atoms with E-state index < -0.39 is 5.41 Å². The van der Waals surface area contributed by atoms with Crippen molar-refractivity contribution in [1.29, 1.82) is 0 Å². The van der Waals surface area contributed by atoms with Crippen LogP contribution in [-0.4, -0.2) is 28.3 Å². The largest absolute Gasteiger partial charge is 0.355 e. The Morgan fingerprint density at radius 2 is 1.92 bits per heavy atom. The molecule has 1 aromatic heterocycles. The van der Waals surface area contributed by atoms with Gasteiger partial charge >= 0.3 is 0 Å². The highest BCUT2D eigenvalue weighted by Gasteiger charge is 2.24. The van der Waals surface area contributed by atoms with E-state index in [4.69, 9.17) is 0 Å². The molecule has 0 spiro atoms. The molecule has 0 bridgehead atoms. The number of nitrogens with zero attached hydrogens (tertiary/aromatic N) is 1. The lowest BCUT2D eigenvalue weighted by Gasteiger charge is -2.23. The second-order valence-corrected chi connectivity index (χ2v) is 7.83. The van der Waals surface area contributed by atoms with E-state index in [1.807, 2.05) is 45.0 Å². The van der Waals surface area contributed by atoms with Crippen molar-refractivity contribution < 1.29 is 9.59 Å². The monoisotopic (exact) mass is 358 g/mol. The van der Waals surface area contributed by atoms with Crippen molar-refractivity contribution in [2.45, 2.75) is 53.5 Å². The summed E-state index contributed by atoms with van der Waals surface area (Å²) in [7, 11) is 0. The van der Waals surface area contributed by atoms with Crippen LogP contribution in [0.25, 0.3) is 11.0 Å². The van der Waals surface area contributed by atoms with E-state index in [9.17, 15) is 9.59 Å². The van der Waals surface area contributed by atoms with Crippen molar-refractivity contribution in [3.05, 3.63) is 30.1 Å². The second-order valence-electron chi connectivity index (χ2n) is 7.83. The number of carbonyl (C=O) groups is 2. The number of aromatic nitrogens is 2. The van der Waals surface area contributed by atoms with Crippen molar-refractivity contribution in [3.8, 4) is 0 Å². The highest BCUT2D eigenvalue weighted by Crippen LogP contribution is 2.24. The van der Waals surface area contributed by atoms with Gasteiger partial charge in [0.25, 0.3) is 0 Å². The van der Waals surface area contributed by atoms with Crippen LogP contribution in [0.3, 0.4) is 0 Å². The predicted octanol–water partition coefficient (Wildman–Crippen LogP) is 3.32. The molecule has 142 valence electrons. The molecule has 6 nitrogen and oxygen atoms in total. The number of benzene rings is 1. The Bertz CT molecular complexity index is 728. The number of hydrogen-bond donors (Lipinski definition) is 3. The summed E-state index contributed by atoms with van der Waals surface area (Å²) >= 11 is 0. The van der Waals surface area contributed by atoms with Crippen LogP contribution in [0.15, 0.2) is 24.3 Å². The maximum absolute atomic E-state index is 12.4. The third-order valence-corrected chi connectivity index (χ3v) is 4.55.